The average molecular weight is 278 g/mol. The molecule has 6 heteroatoms. The Labute approximate surface area is 117 Å². The fraction of sp³-hybridized carbons (Fsp3) is 0.429. The number of aliphatic hydroxyl groups excluding tert-OH is 1. The zero-order chi connectivity index (χ0) is 14.4. The minimum absolute atomic E-state index is 0.0556. The molecule has 0 radical (unpaired) electrons. The van der Waals surface area contributed by atoms with Gasteiger partial charge >= 0.3 is 0 Å². The fourth-order valence-electron chi connectivity index (χ4n) is 2.01. The predicted octanol–water partition coefficient (Wildman–Crippen LogP) is 1.05. The highest BCUT2D eigenvalue weighted by molar-refractivity contribution is 5.26. The lowest BCUT2D eigenvalue weighted by molar-refractivity contribution is 0.268. The van der Waals surface area contributed by atoms with Crippen LogP contribution in [0.25, 0.3) is 0 Å². The third kappa shape index (κ3) is 4.11. The van der Waals surface area contributed by atoms with E-state index in [1.807, 2.05) is 19.2 Å². The van der Waals surface area contributed by atoms with E-state index in [2.05, 4.69) is 15.6 Å². The smallest absolute Gasteiger partial charge is 0.123 e. The topological polar surface area (TPSA) is 63.0 Å². The Kier molecular flexibility index (Phi) is 5.20. The van der Waals surface area contributed by atoms with Crippen LogP contribution in [-0.2, 0) is 19.5 Å². The molecular formula is C14H19FN4O. The molecular weight excluding hydrogens is 259 g/mol. The second-order valence-corrected chi connectivity index (χ2v) is 4.69. The normalized spacial score (nSPS) is 10.9. The number of benzene rings is 1. The molecule has 1 heterocycles. The van der Waals surface area contributed by atoms with Gasteiger partial charge in [-0.05, 0) is 43.1 Å². The maximum atomic E-state index is 13.0. The van der Waals surface area contributed by atoms with Gasteiger partial charge in [-0.15, -0.1) is 5.10 Å². The van der Waals surface area contributed by atoms with E-state index in [9.17, 15) is 4.39 Å². The average Bonchev–Trinajstić information content (AvgIpc) is 2.85. The number of aryl methyl sites for hydroxylation is 1. The molecule has 1 aromatic heterocycles. The van der Waals surface area contributed by atoms with Gasteiger partial charge < -0.3 is 10.4 Å². The number of hydrogen-bond acceptors (Lipinski definition) is 4. The van der Waals surface area contributed by atoms with Crippen LogP contribution in [0.1, 0.15) is 16.8 Å². The van der Waals surface area contributed by atoms with Crippen molar-refractivity contribution in [3.05, 3.63) is 47.0 Å². The maximum Gasteiger partial charge on any atom is 0.123 e. The quantitative estimate of drug-likeness (QED) is 0.743. The molecule has 2 N–H and O–H groups in total. The number of aliphatic hydroxyl groups is 1. The summed E-state index contributed by atoms with van der Waals surface area (Å²) in [6.45, 7) is 3.85. The van der Waals surface area contributed by atoms with Crippen LogP contribution in [0.3, 0.4) is 0 Å². The van der Waals surface area contributed by atoms with Crippen LogP contribution in [0.4, 0.5) is 4.39 Å². The lowest BCUT2D eigenvalue weighted by Gasteiger charge is -2.06. The van der Waals surface area contributed by atoms with Gasteiger partial charge in [0, 0.05) is 12.7 Å². The van der Waals surface area contributed by atoms with Gasteiger partial charge in [0.1, 0.15) is 5.82 Å². The summed E-state index contributed by atoms with van der Waals surface area (Å²) in [5.74, 6) is -0.195. The van der Waals surface area contributed by atoms with Crippen molar-refractivity contribution in [3.63, 3.8) is 0 Å². The summed E-state index contributed by atoms with van der Waals surface area (Å²) >= 11 is 0. The van der Waals surface area contributed by atoms with E-state index in [0.29, 0.717) is 13.1 Å². The summed E-state index contributed by atoms with van der Waals surface area (Å²) in [5.41, 5.74) is 2.96. The highest BCUT2D eigenvalue weighted by Gasteiger charge is 2.02. The van der Waals surface area contributed by atoms with Crippen LogP contribution in [0.15, 0.2) is 24.4 Å². The van der Waals surface area contributed by atoms with E-state index in [-0.39, 0.29) is 12.4 Å². The Bertz CT molecular complexity index is 556. The van der Waals surface area contributed by atoms with Crippen molar-refractivity contribution in [3.8, 4) is 0 Å². The number of halogens is 1. The summed E-state index contributed by atoms with van der Waals surface area (Å²) in [6.07, 6.45) is 2.66. The van der Waals surface area contributed by atoms with E-state index in [0.717, 1.165) is 29.8 Å². The van der Waals surface area contributed by atoms with E-state index in [1.54, 1.807) is 10.7 Å². The Hall–Kier alpha value is -1.79. The molecule has 0 amide bonds. The Morgan fingerprint density at radius 2 is 2.25 bits per heavy atom. The predicted molar refractivity (Wildman–Crippen MR) is 73.7 cm³/mol. The van der Waals surface area contributed by atoms with Crippen molar-refractivity contribution in [1.82, 2.24) is 20.3 Å². The molecule has 0 aliphatic carbocycles. The summed E-state index contributed by atoms with van der Waals surface area (Å²) < 4.78 is 14.6. The van der Waals surface area contributed by atoms with Crippen LogP contribution in [0, 0.1) is 12.7 Å². The van der Waals surface area contributed by atoms with Gasteiger partial charge in [-0.2, -0.15) is 0 Å². The molecule has 1 aromatic carbocycles. The van der Waals surface area contributed by atoms with Gasteiger partial charge in [0.2, 0.25) is 0 Å². The standard InChI is InChI=1S/C14H19FN4O/c1-11-8-13(15)3-2-12(11)4-5-16-9-14-10-19(6-7-20)18-17-14/h2-3,8,10,16,20H,4-7,9H2,1H3. The minimum atomic E-state index is -0.195. The van der Waals surface area contributed by atoms with Gasteiger partial charge in [0.05, 0.1) is 18.8 Å². The van der Waals surface area contributed by atoms with Crippen molar-refractivity contribution in [2.24, 2.45) is 0 Å². The zero-order valence-electron chi connectivity index (χ0n) is 11.5. The molecule has 20 heavy (non-hydrogen) atoms. The molecule has 0 saturated carbocycles. The van der Waals surface area contributed by atoms with E-state index in [1.165, 1.54) is 6.07 Å². The van der Waals surface area contributed by atoms with E-state index < -0.39 is 0 Å². The van der Waals surface area contributed by atoms with Crippen LogP contribution in [0.5, 0.6) is 0 Å². The number of hydrogen-bond donors (Lipinski definition) is 2. The van der Waals surface area contributed by atoms with Crippen molar-refractivity contribution in [1.29, 1.82) is 0 Å². The third-order valence-electron chi connectivity index (χ3n) is 3.10. The number of nitrogens with one attached hydrogen (secondary N) is 1. The van der Waals surface area contributed by atoms with Gasteiger partial charge in [-0.3, -0.25) is 0 Å². The van der Waals surface area contributed by atoms with Crippen molar-refractivity contribution in [2.75, 3.05) is 13.2 Å². The molecule has 0 fully saturated rings. The Morgan fingerprint density at radius 1 is 1.40 bits per heavy atom. The third-order valence-corrected chi connectivity index (χ3v) is 3.10. The van der Waals surface area contributed by atoms with E-state index in [4.69, 9.17) is 5.11 Å². The number of nitrogens with zero attached hydrogens (tertiary/aromatic N) is 3. The van der Waals surface area contributed by atoms with Crippen LogP contribution in [0.2, 0.25) is 0 Å². The maximum absolute atomic E-state index is 13.0. The molecule has 0 unspecified atom stereocenters. The lowest BCUT2D eigenvalue weighted by Crippen LogP contribution is -2.17. The second-order valence-electron chi connectivity index (χ2n) is 4.69. The summed E-state index contributed by atoms with van der Waals surface area (Å²) in [6, 6.07) is 4.86. The summed E-state index contributed by atoms with van der Waals surface area (Å²) in [7, 11) is 0. The monoisotopic (exact) mass is 278 g/mol. The summed E-state index contributed by atoms with van der Waals surface area (Å²) in [4.78, 5) is 0. The minimum Gasteiger partial charge on any atom is -0.394 e. The Morgan fingerprint density at radius 3 is 3.00 bits per heavy atom. The Balaban J connectivity index is 1.75. The first-order chi connectivity index (χ1) is 9.69. The van der Waals surface area contributed by atoms with E-state index >= 15 is 0 Å². The molecule has 5 nitrogen and oxygen atoms in total. The summed E-state index contributed by atoms with van der Waals surface area (Å²) in [5, 5.41) is 19.9. The highest BCUT2D eigenvalue weighted by Crippen LogP contribution is 2.10. The zero-order valence-corrected chi connectivity index (χ0v) is 11.5. The molecule has 2 aromatic rings. The molecule has 0 aliphatic rings. The SMILES string of the molecule is Cc1cc(F)ccc1CCNCc1cn(CCO)nn1. The number of aromatic nitrogens is 3. The molecule has 0 atom stereocenters. The molecule has 0 aliphatic heterocycles. The van der Waals surface area contributed by atoms with Crippen LogP contribution < -0.4 is 5.32 Å². The number of rotatable bonds is 7. The first-order valence-corrected chi connectivity index (χ1v) is 6.64. The molecule has 0 bridgehead atoms. The van der Waals surface area contributed by atoms with Gasteiger partial charge in [0.15, 0.2) is 0 Å². The molecule has 0 saturated heterocycles. The fourth-order valence-corrected chi connectivity index (χ4v) is 2.01. The van der Waals surface area contributed by atoms with Gasteiger partial charge in [-0.1, -0.05) is 11.3 Å². The van der Waals surface area contributed by atoms with Crippen molar-refractivity contribution < 1.29 is 9.50 Å². The largest absolute Gasteiger partial charge is 0.394 e. The lowest BCUT2D eigenvalue weighted by atomic mass is 10.1. The molecule has 108 valence electrons. The van der Waals surface area contributed by atoms with Gasteiger partial charge in [0.25, 0.3) is 0 Å². The van der Waals surface area contributed by atoms with Crippen LogP contribution in [-0.4, -0.2) is 33.3 Å². The molecule has 0 spiro atoms. The van der Waals surface area contributed by atoms with Gasteiger partial charge in [-0.25, -0.2) is 9.07 Å². The second kappa shape index (κ2) is 7.12. The highest BCUT2D eigenvalue weighted by atomic mass is 19.1. The molecule has 2 rings (SSSR count). The van der Waals surface area contributed by atoms with Crippen molar-refractivity contribution in [2.45, 2.75) is 26.4 Å². The van der Waals surface area contributed by atoms with Crippen LogP contribution >= 0.6 is 0 Å². The van der Waals surface area contributed by atoms with Crippen molar-refractivity contribution >= 4 is 0 Å². The first-order valence-electron chi connectivity index (χ1n) is 6.64. The first kappa shape index (κ1) is 14.6.